The summed E-state index contributed by atoms with van der Waals surface area (Å²) in [5.74, 6) is -0.834. The average Bonchev–Trinajstić information content (AvgIpc) is 2.86. The summed E-state index contributed by atoms with van der Waals surface area (Å²) in [5.41, 5.74) is 2.38. The van der Waals surface area contributed by atoms with Gasteiger partial charge in [-0.2, -0.15) is 5.01 Å². The van der Waals surface area contributed by atoms with Crippen molar-refractivity contribution in [1.82, 2.24) is 5.01 Å². The Morgan fingerprint density at radius 3 is 2.24 bits per heavy atom. The lowest BCUT2D eigenvalue weighted by Crippen LogP contribution is -2.44. The number of hydrogen-bond donors (Lipinski definition) is 1. The Morgan fingerprint density at radius 1 is 0.920 bits per heavy atom. The smallest absolute Gasteiger partial charge is 0.281 e. The van der Waals surface area contributed by atoms with Crippen LogP contribution in [0.15, 0.2) is 54.6 Å². The number of phenolic OH excluding ortho intramolecular Hbond substituents is 1. The molecule has 3 aromatic rings. The van der Waals surface area contributed by atoms with Crippen molar-refractivity contribution in [2.45, 2.75) is 6.92 Å². The summed E-state index contributed by atoms with van der Waals surface area (Å²) >= 11 is 0. The van der Waals surface area contributed by atoms with E-state index in [2.05, 4.69) is 0 Å². The summed E-state index contributed by atoms with van der Waals surface area (Å²) in [6.07, 6.45) is 0. The molecule has 3 aromatic carbocycles. The first-order valence-electron chi connectivity index (χ1n) is 7.93. The third-order valence-corrected chi connectivity index (χ3v) is 4.56. The average molecular weight is 332 g/mol. The molecule has 0 atom stereocenters. The van der Waals surface area contributed by atoms with E-state index in [-0.39, 0.29) is 17.2 Å². The fourth-order valence-corrected chi connectivity index (χ4v) is 3.22. The standard InChI is InChI=1S/C20H16N2O3/c1-12-7-9-13(10-8-12)21(2)22-19(24)16-11-17(23)14-5-3-4-6-15(14)18(16)20(22)25/h3-11,23H,1-2H3. The van der Waals surface area contributed by atoms with Crippen LogP contribution in [0.25, 0.3) is 10.8 Å². The van der Waals surface area contributed by atoms with Gasteiger partial charge in [-0.05, 0) is 30.5 Å². The summed E-state index contributed by atoms with van der Waals surface area (Å²) in [6.45, 7) is 1.97. The number of aryl methyl sites for hydroxylation is 1. The summed E-state index contributed by atoms with van der Waals surface area (Å²) in [4.78, 5) is 25.8. The minimum Gasteiger partial charge on any atom is -0.507 e. The molecule has 1 aliphatic heterocycles. The first kappa shape index (κ1) is 15.2. The van der Waals surface area contributed by atoms with Crippen LogP contribution in [0.1, 0.15) is 26.3 Å². The predicted molar refractivity (Wildman–Crippen MR) is 95.7 cm³/mol. The van der Waals surface area contributed by atoms with Crippen LogP contribution in [-0.4, -0.2) is 29.0 Å². The van der Waals surface area contributed by atoms with E-state index in [9.17, 15) is 14.7 Å². The van der Waals surface area contributed by atoms with Crippen LogP contribution in [0.2, 0.25) is 0 Å². The number of hydrogen-bond acceptors (Lipinski definition) is 4. The van der Waals surface area contributed by atoms with Gasteiger partial charge in [0.25, 0.3) is 11.8 Å². The molecule has 0 fully saturated rings. The van der Waals surface area contributed by atoms with E-state index in [4.69, 9.17) is 0 Å². The van der Waals surface area contributed by atoms with Gasteiger partial charge in [-0.1, -0.05) is 42.0 Å². The number of anilines is 1. The Labute approximate surface area is 144 Å². The summed E-state index contributed by atoms with van der Waals surface area (Å²) in [7, 11) is 1.67. The highest BCUT2D eigenvalue weighted by Gasteiger charge is 2.40. The van der Waals surface area contributed by atoms with Gasteiger partial charge in [-0.25, -0.2) is 0 Å². The van der Waals surface area contributed by atoms with Gasteiger partial charge in [0.2, 0.25) is 0 Å². The lowest BCUT2D eigenvalue weighted by Gasteiger charge is -2.27. The molecule has 0 aromatic heterocycles. The third kappa shape index (κ3) is 2.16. The Morgan fingerprint density at radius 2 is 1.56 bits per heavy atom. The monoisotopic (exact) mass is 332 g/mol. The maximum atomic E-state index is 13.0. The first-order chi connectivity index (χ1) is 12.0. The van der Waals surface area contributed by atoms with Crippen molar-refractivity contribution in [3.63, 3.8) is 0 Å². The molecule has 0 saturated heterocycles. The lowest BCUT2D eigenvalue weighted by molar-refractivity contribution is 0.0645. The van der Waals surface area contributed by atoms with Crippen LogP contribution in [0.5, 0.6) is 5.75 Å². The predicted octanol–water partition coefficient (Wildman–Crippen LogP) is 3.50. The highest BCUT2D eigenvalue weighted by Crippen LogP contribution is 2.36. The van der Waals surface area contributed by atoms with E-state index < -0.39 is 5.91 Å². The van der Waals surface area contributed by atoms with Crippen molar-refractivity contribution < 1.29 is 14.7 Å². The Kier molecular flexibility index (Phi) is 3.25. The molecule has 5 heteroatoms. The number of benzene rings is 3. The molecule has 25 heavy (non-hydrogen) atoms. The van der Waals surface area contributed by atoms with E-state index in [0.29, 0.717) is 16.3 Å². The molecule has 2 amide bonds. The lowest BCUT2D eigenvalue weighted by atomic mass is 9.99. The summed E-state index contributed by atoms with van der Waals surface area (Å²) in [6, 6.07) is 16.0. The zero-order valence-electron chi connectivity index (χ0n) is 13.9. The highest BCUT2D eigenvalue weighted by atomic mass is 16.3. The van der Waals surface area contributed by atoms with Crippen molar-refractivity contribution >= 4 is 28.3 Å². The van der Waals surface area contributed by atoms with E-state index in [1.54, 1.807) is 31.3 Å². The Hall–Kier alpha value is -3.34. The number of rotatable bonds is 2. The topological polar surface area (TPSA) is 60.9 Å². The van der Waals surface area contributed by atoms with Crippen LogP contribution >= 0.6 is 0 Å². The van der Waals surface area contributed by atoms with Crippen LogP contribution in [-0.2, 0) is 0 Å². The maximum absolute atomic E-state index is 13.0. The molecule has 1 aliphatic rings. The second-order valence-electron chi connectivity index (χ2n) is 6.15. The van der Waals surface area contributed by atoms with Gasteiger partial charge < -0.3 is 5.11 Å². The number of hydrazine groups is 1. The molecule has 0 spiro atoms. The molecule has 0 saturated carbocycles. The van der Waals surface area contributed by atoms with E-state index in [1.165, 1.54) is 11.1 Å². The summed E-state index contributed by atoms with van der Waals surface area (Å²) in [5, 5.41) is 14.0. The van der Waals surface area contributed by atoms with Gasteiger partial charge in [-0.15, -0.1) is 0 Å². The zero-order chi connectivity index (χ0) is 17.7. The number of aromatic hydroxyl groups is 1. The maximum Gasteiger partial charge on any atom is 0.281 e. The molecule has 0 aliphatic carbocycles. The molecule has 0 bridgehead atoms. The molecule has 124 valence electrons. The van der Waals surface area contributed by atoms with Gasteiger partial charge in [0.05, 0.1) is 16.8 Å². The second-order valence-corrected chi connectivity index (χ2v) is 6.15. The second kappa shape index (κ2) is 5.34. The van der Waals surface area contributed by atoms with Crippen molar-refractivity contribution in [2.24, 2.45) is 0 Å². The van der Waals surface area contributed by atoms with Crippen molar-refractivity contribution in [3.05, 3.63) is 71.3 Å². The molecule has 4 rings (SSSR count). The molecule has 5 nitrogen and oxygen atoms in total. The molecule has 0 unspecified atom stereocenters. The number of fused-ring (bicyclic) bond motifs is 3. The van der Waals surface area contributed by atoms with Gasteiger partial charge >= 0.3 is 0 Å². The molecular weight excluding hydrogens is 316 g/mol. The van der Waals surface area contributed by atoms with Crippen LogP contribution in [0.3, 0.4) is 0 Å². The van der Waals surface area contributed by atoms with E-state index in [1.807, 2.05) is 31.2 Å². The number of nitrogens with zero attached hydrogens (tertiary/aromatic N) is 2. The summed E-state index contributed by atoms with van der Waals surface area (Å²) < 4.78 is 0. The number of imide groups is 1. The minimum atomic E-state index is -0.441. The van der Waals surface area contributed by atoms with Gasteiger partial charge in [0.1, 0.15) is 5.75 Å². The van der Waals surface area contributed by atoms with Gasteiger partial charge in [-0.3, -0.25) is 14.6 Å². The third-order valence-electron chi connectivity index (χ3n) is 4.56. The Balaban J connectivity index is 1.85. The van der Waals surface area contributed by atoms with E-state index >= 15 is 0 Å². The Bertz CT molecular complexity index is 1030. The number of phenols is 1. The molecule has 1 heterocycles. The number of carbonyl (C=O) groups is 2. The number of amides is 2. The normalized spacial score (nSPS) is 13.4. The highest BCUT2D eigenvalue weighted by molar-refractivity contribution is 6.27. The fraction of sp³-hybridized carbons (Fsp3) is 0.100. The van der Waals surface area contributed by atoms with Crippen molar-refractivity contribution in [1.29, 1.82) is 0 Å². The number of carbonyl (C=O) groups excluding carboxylic acids is 2. The first-order valence-corrected chi connectivity index (χ1v) is 7.93. The van der Waals surface area contributed by atoms with Crippen LogP contribution in [0.4, 0.5) is 5.69 Å². The van der Waals surface area contributed by atoms with Gasteiger partial charge in [0.15, 0.2) is 0 Å². The van der Waals surface area contributed by atoms with Crippen LogP contribution in [0, 0.1) is 6.92 Å². The minimum absolute atomic E-state index is 0.00432. The zero-order valence-corrected chi connectivity index (χ0v) is 13.9. The van der Waals surface area contributed by atoms with Crippen molar-refractivity contribution in [3.8, 4) is 5.75 Å². The van der Waals surface area contributed by atoms with E-state index in [0.717, 1.165) is 16.3 Å². The fourth-order valence-electron chi connectivity index (χ4n) is 3.22. The SMILES string of the molecule is Cc1ccc(N(C)N2C(=O)c3cc(O)c4ccccc4c3C2=O)cc1. The largest absolute Gasteiger partial charge is 0.507 e. The van der Waals surface area contributed by atoms with Gasteiger partial charge in [0, 0.05) is 12.4 Å². The molecular formula is C20H16N2O3. The van der Waals surface area contributed by atoms with Crippen LogP contribution < -0.4 is 5.01 Å². The van der Waals surface area contributed by atoms with Crippen molar-refractivity contribution in [2.75, 3.05) is 12.1 Å². The quantitative estimate of drug-likeness (QED) is 0.730. The molecule has 1 N–H and O–H groups in total. The molecule has 0 radical (unpaired) electrons.